The van der Waals surface area contributed by atoms with Gasteiger partial charge in [-0.1, -0.05) is 0 Å². The summed E-state index contributed by atoms with van der Waals surface area (Å²) in [5.74, 6) is 0. The van der Waals surface area contributed by atoms with Gasteiger partial charge >= 0.3 is 0 Å². The Kier molecular flexibility index (Phi) is 3.91. The number of hydrogen-bond donors (Lipinski definition) is 1. The van der Waals surface area contributed by atoms with Gasteiger partial charge in [0.25, 0.3) is 0 Å². The lowest BCUT2D eigenvalue weighted by atomic mass is 10.1. The predicted octanol–water partition coefficient (Wildman–Crippen LogP) is 1.77. The number of hydrogen-bond acceptors (Lipinski definition) is 4. The van der Waals surface area contributed by atoms with E-state index in [0.29, 0.717) is 0 Å². The number of thiazole rings is 1. The molecule has 0 unspecified atom stereocenters. The molecule has 0 saturated carbocycles. The van der Waals surface area contributed by atoms with E-state index >= 15 is 0 Å². The summed E-state index contributed by atoms with van der Waals surface area (Å²) in [6.07, 6.45) is 2.95. The molecule has 2 aromatic rings. The Morgan fingerprint density at radius 1 is 1.41 bits per heavy atom. The van der Waals surface area contributed by atoms with Crippen molar-refractivity contribution in [2.24, 2.45) is 0 Å². The highest BCUT2D eigenvalue weighted by Gasteiger charge is 2.11. The molecule has 0 saturated heterocycles. The smallest absolute Gasteiger partial charge is 0.0794 e. The summed E-state index contributed by atoms with van der Waals surface area (Å²) in [5.41, 5.74) is 5.64. The second-order valence-corrected chi connectivity index (χ2v) is 5.10. The molecule has 2 aromatic heterocycles. The van der Waals surface area contributed by atoms with Crippen LogP contribution >= 0.6 is 11.3 Å². The standard InChI is InChI=1S/C12H18N4S/c1-9-12(4-5-13-3)10(2)16(15-9)7-11-6-14-8-17-11/h6,8,13H,4-5,7H2,1-3H3. The van der Waals surface area contributed by atoms with Crippen molar-refractivity contribution in [1.82, 2.24) is 20.1 Å². The Morgan fingerprint density at radius 2 is 2.24 bits per heavy atom. The third kappa shape index (κ3) is 2.73. The summed E-state index contributed by atoms with van der Waals surface area (Å²) in [6, 6.07) is 0. The van der Waals surface area contributed by atoms with Crippen molar-refractivity contribution in [3.63, 3.8) is 0 Å². The van der Waals surface area contributed by atoms with E-state index in [0.717, 1.165) is 25.2 Å². The number of aromatic nitrogens is 3. The van der Waals surface area contributed by atoms with Crippen LogP contribution in [0.25, 0.3) is 0 Å². The molecule has 92 valence electrons. The summed E-state index contributed by atoms with van der Waals surface area (Å²) in [4.78, 5) is 5.34. The van der Waals surface area contributed by atoms with Crippen molar-refractivity contribution >= 4 is 11.3 Å². The normalized spacial score (nSPS) is 11.0. The first kappa shape index (κ1) is 12.3. The number of nitrogens with one attached hydrogen (secondary N) is 1. The van der Waals surface area contributed by atoms with Crippen LogP contribution in [0.15, 0.2) is 11.7 Å². The topological polar surface area (TPSA) is 42.7 Å². The zero-order valence-electron chi connectivity index (χ0n) is 10.5. The molecule has 0 aromatic carbocycles. The Hall–Kier alpha value is -1.20. The Bertz CT molecular complexity index is 473. The zero-order chi connectivity index (χ0) is 12.3. The third-order valence-corrected chi connectivity index (χ3v) is 3.71. The fourth-order valence-corrected chi connectivity index (χ4v) is 2.54. The van der Waals surface area contributed by atoms with E-state index in [-0.39, 0.29) is 0 Å². The molecule has 0 amide bonds. The van der Waals surface area contributed by atoms with Crippen molar-refractivity contribution in [2.45, 2.75) is 26.8 Å². The molecule has 0 fully saturated rings. The zero-order valence-corrected chi connectivity index (χ0v) is 11.3. The van der Waals surface area contributed by atoms with E-state index in [1.165, 1.54) is 16.1 Å². The SMILES string of the molecule is CNCCc1c(C)nn(Cc2cncs2)c1C. The summed E-state index contributed by atoms with van der Waals surface area (Å²) in [7, 11) is 1.98. The fourth-order valence-electron chi connectivity index (χ4n) is 1.97. The average Bonchev–Trinajstić information content (AvgIpc) is 2.89. The second kappa shape index (κ2) is 5.42. The minimum atomic E-state index is 0.830. The molecule has 0 aliphatic rings. The third-order valence-electron chi connectivity index (χ3n) is 2.95. The van der Waals surface area contributed by atoms with E-state index in [4.69, 9.17) is 0 Å². The van der Waals surface area contributed by atoms with Gasteiger partial charge in [0.2, 0.25) is 0 Å². The van der Waals surface area contributed by atoms with Crippen LogP contribution in [0.4, 0.5) is 0 Å². The van der Waals surface area contributed by atoms with Crippen LogP contribution < -0.4 is 5.32 Å². The Morgan fingerprint density at radius 3 is 2.88 bits per heavy atom. The highest BCUT2D eigenvalue weighted by molar-refractivity contribution is 7.09. The molecule has 2 heterocycles. The maximum Gasteiger partial charge on any atom is 0.0794 e. The molecule has 1 N–H and O–H groups in total. The monoisotopic (exact) mass is 250 g/mol. The molecule has 17 heavy (non-hydrogen) atoms. The van der Waals surface area contributed by atoms with Gasteiger partial charge in [-0.3, -0.25) is 9.67 Å². The molecule has 0 bridgehead atoms. The van der Waals surface area contributed by atoms with Crippen molar-refractivity contribution in [3.8, 4) is 0 Å². The van der Waals surface area contributed by atoms with Gasteiger partial charge in [-0.25, -0.2) is 0 Å². The van der Waals surface area contributed by atoms with Crippen molar-refractivity contribution in [3.05, 3.63) is 33.5 Å². The maximum absolute atomic E-state index is 4.61. The lowest BCUT2D eigenvalue weighted by molar-refractivity contribution is 0.663. The van der Waals surface area contributed by atoms with Crippen molar-refractivity contribution in [1.29, 1.82) is 0 Å². The van der Waals surface area contributed by atoms with Crippen LogP contribution in [0, 0.1) is 13.8 Å². The lowest BCUT2D eigenvalue weighted by Gasteiger charge is -2.03. The molecule has 0 spiro atoms. The van der Waals surface area contributed by atoms with Gasteiger partial charge in [0.05, 0.1) is 17.7 Å². The van der Waals surface area contributed by atoms with Gasteiger partial charge < -0.3 is 5.32 Å². The first-order valence-corrected chi connectivity index (χ1v) is 6.65. The summed E-state index contributed by atoms with van der Waals surface area (Å²) in [6.45, 7) is 6.05. The van der Waals surface area contributed by atoms with E-state index in [1.54, 1.807) is 11.3 Å². The lowest BCUT2D eigenvalue weighted by Crippen LogP contribution is -2.11. The molecule has 0 aliphatic carbocycles. The van der Waals surface area contributed by atoms with Gasteiger partial charge in [-0.15, -0.1) is 11.3 Å². The summed E-state index contributed by atoms with van der Waals surface area (Å²) < 4.78 is 2.08. The van der Waals surface area contributed by atoms with Crippen molar-refractivity contribution in [2.75, 3.05) is 13.6 Å². The predicted molar refractivity (Wildman–Crippen MR) is 70.5 cm³/mol. The summed E-state index contributed by atoms with van der Waals surface area (Å²) in [5, 5.41) is 7.79. The van der Waals surface area contributed by atoms with E-state index in [9.17, 15) is 0 Å². The molecular weight excluding hydrogens is 232 g/mol. The van der Waals surface area contributed by atoms with Gasteiger partial charge in [-0.2, -0.15) is 5.10 Å². The van der Waals surface area contributed by atoms with Gasteiger partial charge in [0.1, 0.15) is 0 Å². The number of rotatable bonds is 5. The Balaban J connectivity index is 2.18. The van der Waals surface area contributed by atoms with Gasteiger partial charge in [0, 0.05) is 16.8 Å². The van der Waals surface area contributed by atoms with Crippen LogP contribution in [-0.4, -0.2) is 28.4 Å². The van der Waals surface area contributed by atoms with E-state index < -0.39 is 0 Å². The highest BCUT2D eigenvalue weighted by Crippen LogP contribution is 2.16. The molecule has 0 atom stereocenters. The van der Waals surface area contributed by atoms with Crippen LogP contribution in [0.5, 0.6) is 0 Å². The largest absolute Gasteiger partial charge is 0.319 e. The minimum Gasteiger partial charge on any atom is -0.319 e. The Labute approximate surface area is 106 Å². The fraction of sp³-hybridized carbons (Fsp3) is 0.500. The first-order valence-electron chi connectivity index (χ1n) is 5.77. The molecule has 0 radical (unpaired) electrons. The van der Waals surface area contributed by atoms with E-state index in [1.807, 2.05) is 18.8 Å². The van der Waals surface area contributed by atoms with Gasteiger partial charge in [-0.05, 0) is 39.4 Å². The molecular formula is C12H18N4S. The van der Waals surface area contributed by atoms with Crippen molar-refractivity contribution < 1.29 is 0 Å². The molecule has 5 heteroatoms. The van der Waals surface area contributed by atoms with Crippen LogP contribution in [0.1, 0.15) is 21.8 Å². The van der Waals surface area contributed by atoms with Crippen LogP contribution in [0.3, 0.4) is 0 Å². The highest BCUT2D eigenvalue weighted by atomic mass is 32.1. The number of likely N-dealkylation sites (N-methyl/N-ethyl adjacent to an activating group) is 1. The minimum absolute atomic E-state index is 0.830. The van der Waals surface area contributed by atoms with Crippen LogP contribution in [-0.2, 0) is 13.0 Å². The van der Waals surface area contributed by atoms with Gasteiger partial charge in [0.15, 0.2) is 0 Å². The molecule has 4 nitrogen and oxygen atoms in total. The maximum atomic E-state index is 4.61. The number of nitrogens with zero attached hydrogens (tertiary/aromatic N) is 3. The average molecular weight is 250 g/mol. The quantitative estimate of drug-likeness (QED) is 0.879. The van der Waals surface area contributed by atoms with Crippen LogP contribution in [0.2, 0.25) is 0 Å². The second-order valence-electron chi connectivity index (χ2n) is 4.13. The molecule has 2 rings (SSSR count). The number of aryl methyl sites for hydroxylation is 1. The van der Waals surface area contributed by atoms with E-state index in [2.05, 4.69) is 33.9 Å². The molecule has 0 aliphatic heterocycles. The summed E-state index contributed by atoms with van der Waals surface area (Å²) >= 11 is 1.68. The first-order chi connectivity index (χ1) is 8.22.